The Bertz CT molecular complexity index is 397. The minimum atomic E-state index is -0.217. The number of urea groups is 1. The molecule has 0 aromatic heterocycles. The molecule has 3 N–H and O–H groups in total. The van der Waals surface area contributed by atoms with Crippen molar-refractivity contribution in [3.8, 4) is 5.75 Å². The van der Waals surface area contributed by atoms with Crippen molar-refractivity contribution in [1.29, 1.82) is 0 Å². The van der Waals surface area contributed by atoms with Gasteiger partial charge in [-0.2, -0.15) is 13.3 Å². The van der Waals surface area contributed by atoms with E-state index in [2.05, 4.69) is 45.9 Å². The van der Waals surface area contributed by atoms with Gasteiger partial charge < -0.3 is 28.7 Å². The van der Waals surface area contributed by atoms with E-state index >= 15 is 0 Å². The van der Waals surface area contributed by atoms with Crippen LogP contribution in [0.5, 0.6) is 5.75 Å². The molecule has 0 aliphatic heterocycles. The van der Waals surface area contributed by atoms with Gasteiger partial charge in [0.25, 0.3) is 0 Å². The molecule has 127 valence electrons. The third-order valence-electron chi connectivity index (χ3n) is 2.34. The summed E-state index contributed by atoms with van der Waals surface area (Å²) >= 11 is 2.31. The molecule has 0 bridgehead atoms. The average Bonchev–Trinajstić information content (AvgIpc) is 2.52. The molecule has 0 aliphatic carbocycles. The zero-order chi connectivity index (χ0) is 17.2. The first-order valence-corrected chi connectivity index (χ1v) is 7.27. The van der Waals surface area contributed by atoms with Crippen LogP contribution in [0.2, 0.25) is 0 Å². The number of benzene rings is 1. The van der Waals surface area contributed by atoms with Crippen molar-refractivity contribution in [2.45, 2.75) is 32.6 Å². The van der Waals surface area contributed by atoms with Crippen molar-refractivity contribution in [2.24, 2.45) is 0 Å². The Morgan fingerprint density at radius 3 is 2.32 bits per heavy atom. The molecular weight excluding hydrogens is 327 g/mol. The van der Waals surface area contributed by atoms with E-state index in [1.54, 1.807) is 19.1 Å². The second-order valence-corrected chi connectivity index (χ2v) is 4.20. The topological polar surface area (TPSA) is 78.4 Å². The fourth-order valence-corrected chi connectivity index (χ4v) is 1.40. The molecule has 5 nitrogen and oxygen atoms in total. The number of amides is 2. The molecular formula is C16H24CoN2O3-2. The van der Waals surface area contributed by atoms with Gasteiger partial charge in [-0.1, -0.05) is 12.8 Å². The molecule has 2 amide bonds. The molecule has 0 spiro atoms. The minimum absolute atomic E-state index is 0.184. The number of anilines is 1. The summed E-state index contributed by atoms with van der Waals surface area (Å²) in [5.41, 5.74) is 0.665. The van der Waals surface area contributed by atoms with Gasteiger partial charge in [-0.25, -0.2) is 4.79 Å². The standard InChI is InChI=1S/C13H19N2O2.C3H5.Co.O/c1-2-3-4-5-10-14-13(17)15-11-6-8-12(16)9-7-11;1-3-2;;/h6-9,16H,1-5,10H2,(H2,14,15,17);1H2,2H3;;/q2*-1;;. The summed E-state index contributed by atoms with van der Waals surface area (Å²) in [6.07, 6.45) is 6.60. The molecule has 1 aromatic rings. The summed E-state index contributed by atoms with van der Waals surface area (Å²) in [5, 5.41) is 14.5. The summed E-state index contributed by atoms with van der Waals surface area (Å²) in [6.45, 7) is 9.43. The fraction of sp³-hybridized carbons (Fsp3) is 0.375. The number of nitrogens with one attached hydrogen (secondary N) is 2. The molecule has 0 saturated carbocycles. The van der Waals surface area contributed by atoms with Crippen LogP contribution in [0.15, 0.2) is 30.8 Å². The van der Waals surface area contributed by atoms with Gasteiger partial charge in [0.2, 0.25) is 0 Å². The van der Waals surface area contributed by atoms with Gasteiger partial charge in [0.05, 0.1) is 0 Å². The maximum atomic E-state index is 11.4. The molecule has 1 aromatic carbocycles. The van der Waals surface area contributed by atoms with Crippen LogP contribution in [-0.4, -0.2) is 17.7 Å². The summed E-state index contributed by atoms with van der Waals surface area (Å²) in [6, 6.07) is 6.15. The van der Waals surface area contributed by atoms with Crippen LogP contribution in [0, 0.1) is 13.0 Å². The predicted octanol–water partition coefficient (Wildman–Crippen LogP) is 3.78. The molecule has 0 aliphatic rings. The van der Waals surface area contributed by atoms with Gasteiger partial charge in [0, 0.05) is 12.2 Å². The molecule has 0 heterocycles. The molecule has 0 radical (unpaired) electrons. The molecule has 0 saturated heterocycles. The number of rotatable bonds is 6. The Morgan fingerprint density at radius 1 is 1.27 bits per heavy atom. The molecule has 0 unspecified atom stereocenters. The van der Waals surface area contributed by atoms with Gasteiger partial charge in [-0.3, -0.25) is 6.58 Å². The van der Waals surface area contributed by atoms with E-state index in [1.807, 2.05) is 0 Å². The fourth-order valence-electron chi connectivity index (χ4n) is 1.40. The van der Waals surface area contributed by atoms with E-state index in [-0.39, 0.29) is 11.8 Å². The van der Waals surface area contributed by atoms with Crippen LogP contribution in [0.4, 0.5) is 10.5 Å². The van der Waals surface area contributed by atoms with E-state index in [9.17, 15) is 4.79 Å². The first kappa shape index (κ1) is 22.6. The monoisotopic (exact) mass is 351 g/mol. The summed E-state index contributed by atoms with van der Waals surface area (Å²) < 4.78 is 7.94. The quantitative estimate of drug-likeness (QED) is 0.415. The number of carbonyl (C=O) groups is 1. The number of allylic oxidation sites excluding steroid dienone is 1. The van der Waals surface area contributed by atoms with Gasteiger partial charge in [-0.15, -0.1) is 0 Å². The molecule has 0 atom stereocenters. The summed E-state index contributed by atoms with van der Waals surface area (Å²) in [5.74, 6) is 0.184. The van der Waals surface area contributed by atoms with Crippen LogP contribution in [-0.2, 0) is 19.5 Å². The molecule has 1 rings (SSSR count). The Balaban J connectivity index is 0. The van der Waals surface area contributed by atoms with E-state index < -0.39 is 0 Å². The zero-order valence-electron chi connectivity index (χ0n) is 12.9. The van der Waals surface area contributed by atoms with Crippen LogP contribution >= 0.6 is 0 Å². The van der Waals surface area contributed by atoms with Gasteiger partial charge in [0.1, 0.15) is 5.75 Å². The number of phenolic OH excluding ortho intramolecular Hbond substituents is 1. The molecule has 6 heteroatoms. The summed E-state index contributed by atoms with van der Waals surface area (Å²) in [7, 11) is 0. The van der Waals surface area contributed by atoms with Gasteiger partial charge >= 0.3 is 25.6 Å². The first-order chi connectivity index (χ1) is 10.6. The molecule has 0 fully saturated rings. The Morgan fingerprint density at radius 2 is 1.82 bits per heavy atom. The number of phenols is 1. The van der Waals surface area contributed by atoms with E-state index in [4.69, 9.17) is 8.97 Å². The van der Waals surface area contributed by atoms with Crippen LogP contribution in [0.1, 0.15) is 32.6 Å². The van der Waals surface area contributed by atoms with Crippen molar-refractivity contribution in [1.82, 2.24) is 5.32 Å². The first-order valence-electron chi connectivity index (χ1n) is 6.84. The predicted molar refractivity (Wildman–Crippen MR) is 84.2 cm³/mol. The van der Waals surface area contributed by atoms with Crippen molar-refractivity contribution >= 4 is 11.7 Å². The third-order valence-corrected chi connectivity index (χ3v) is 2.34. The second kappa shape index (κ2) is 17.4. The Kier molecular flexibility index (Phi) is 17.9. The number of hydrogen-bond acceptors (Lipinski definition) is 3. The van der Waals surface area contributed by atoms with Crippen molar-refractivity contribution in [3.05, 3.63) is 43.8 Å². The second-order valence-electron chi connectivity index (χ2n) is 4.20. The van der Waals surface area contributed by atoms with Gasteiger partial charge in [-0.05, 0) is 30.7 Å². The number of aromatic hydroxyl groups is 1. The zero-order valence-corrected chi connectivity index (χ0v) is 13.9. The SMILES string of the molecule is C=[C-]C.[CH2-]CCCCCNC(=O)Nc1ccc(O)cc1.[O]=[Co]. The van der Waals surface area contributed by atoms with Crippen molar-refractivity contribution in [2.75, 3.05) is 11.9 Å². The van der Waals surface area contributed by atoms with Gasteiger partial charge in [0.15, 0.2) is 0 Å². The van der Waals surface area contributed by atoms with Crippen LogP contribution in [0.3, 0.4) is 0 Å². The molecule has 22 heavy (non-hydrogen) atoms. The van der Waals surface area contributed by atoms with Crippen molar-refractivity contribution < 1.29 is 29.4 Å². The number of hydrogen-bond donors (Lipinski definition) is 3. The van der Waals surface area contributed by atoms with E-state index in [0.29, 0.717) is 12.2 Å². The van der Waals surface area contributed by atoms with Crippen molar-refractivity contribution in [3.63, 3.8) is 0 Å². The van der Waals surface area contributed by atoms with Crippen LogP contribution in [0.25, 0.3) is 0 Å². The number of unbranched alkanes of at least 4 members (excludes halogenated alkanes) is 3. The Labute approximate surface area is 141 Å². The maximum absolute atomic E-state index is 11.4. The Hall–Kier alpha value is -1.66. The van der Waals surface area contributed by atoms with E-state index in [1.165, 1.54) is 12.1 Å². The van der Waals surface area contributed by atoms with Crippen LogP contribution < -0.4 is 10.6 Å². The van der Waals surface area contributed by atoms with E-state index in [0.717, 1.165) is 25.7 Å². The summed E-state index contributed by atoms with van der Waals surface area (Å²) in [4.78, 5) is 11.4. The normalized spacial score (nSPS) is 8.50. The average molecular weight is 351 g/mol. The third kappa shape index (κ3) is 14.7. The number of carbonyl (C=O) groups excluding carboxylic acids is 1.